The number of hydrogen-bond acceptors (Lipinski definition) is 5. The second-order valence-electron chi connectivity index (χ2n) is 5.72. The lowest BCUT2D eigenvalue weighted by Gasteiger charge is -2.04. The molecule has 9 heteroatoms. The minimum Gasteiger partial charge on any atom is -0.395 e. The molecule has 1 N–H and O–H groups in total. The van der Waals surface area contributed by atoms with E-state index in [1.165, 1.54) is 41.7 Å². The minimum absolute atomic E-state index is 0.122. The average molecular weight is 392 g/mol. The van der Waals surface area contributed by atoms with Crippen LogP contribution in [0.25, 0.3) is 0 Å². The van der Waals surface area contributed by atoms with Gasteiger partial charge in [0.25, 0.3) is 5.91 Å². The maximum absolute atomic E-state index is 13.2. The quantitative estimate of drug-likeness (QED) is 0.713. The summed E-state index contributed by atoms with van der Waals surface area (Å²) in [4.78, 5) is 17.3. The lowest BCUT2D eigenvalue weighted by Crippen LogP contribution is -2.25. The number of halogens is 3. The molecule has 0 unspecified atom stereocenters. The van der Waals surface area contributed by atoms with Crippen molar-refractivity contribution in [1.29, 1.82) is 0 Å². The zero-order chi connectivity index (χ0) is 19.0. The molecule has 4 rings (SSSR count). The van der Waals surface area contributed by atoms with Gasteiger partial charge in [-0.2, -0.15) is 0 Å². The number of thiazole rings is 1. The lowest BCUT2D eigenvalue weighted by atomic mass is 10.1. The van der Waals surface area contributed by atoms with Crippen LogP contribution < -0.4 is 14.8 Å². The summed E-state index contributed by atoms with van der Waals surface area (Å²) in [6.45, 7) is 0. The number of nitrogens with zero attached hydrogens (tertiary/aromatic N) is 1. The van der Waals surface area contributed by atoms with Crippen LogP contribution in [-0.2, 0) is 6.42 Å². The molecule has 0 saturated carbocycles. The Morgan fingerprint density at radius 2 is 1.96 bits per heavy atom. The summed E-state index contributed by atoms with van der Waals surface area (Å²) in [6, 6.07) is 9.97. The number of amides is 1. The van der Waals surface area contributed by atoms with Crippen LogP contribution in [0.5, 0.6) is 11.5 Å². The largest absolute Gasteiger partial charge is 0.586 e. The number of hydrogen-bond donors (Lipinski definition) is 1. The van der Waals surface area contributed by atoms with Gasteiger partial charge >= 0.3 is 6.29 Å². The molecule has 27 heavy (non-hydrogen) atoms. The molecule has 0 saturated heterocycles. The van der Waals surface area contributed by atoms with Crippen LogP contribution in [0, 0.1) is 5.82 Å². The van der Waals surface area contributed by atoms with Gasteiger partial charge in [0.05, 0.1) is 0 Å². The summed E-state index contributed by atoms with van der Waals surface area (Å²) >= 11 is 1.24. The summed E-state index contributed by atoms with van der Waals surface area (Å²) in [5, 5.41) is 2.94. The van der Waals surface area contributed by atoms with Gasteiger partial charge in [0, 0.05) is 23.1 Å². The molecule has 2 aromatic carbocycles. The third-order valence-electron chi connectivity index (χ3n) is 3.70. The molecule has 0 fully saturated rings. The van der Waals surface area contributed by atoms with Gasteiger partial charge in [-0.15, -0.1) is 20.1 Å². The smallest absolute Gasteiger partial charge is 0.395 e. The van der Waals surface area contributed by atoms with Gasteiger partial charge in [0.15, 0.2) is 16.6 Å². The molecule has 0 radical (unpaired) electrons. The van der Waals surface area contributed by atoms with Crippen LogP contribution >= 0.6 is 11.3 Å². The first kappa shape index (κ1) is 17.3. The van der Waals surface area contributed by atoms with Crippen LogP contribution in [0.3, 0.4) is 0 Å². The number of benzene rings is 2. The van der Waals surface area contributed by atoms with Crippen molar-refractivity contribution in [1.82, 2.24) is 4.98 Å². The Morgan fingerprint density at radius 3 is 2.78 bits per heavy atom. The highest BCUT2D eigenvalue weighted by molar-refractivity contribution is 7.15. The molecule has 1 aliphatic rings. The second kappa shape index (κ2) is 6.58. The molecular weight excluding hydrogens is 381 g/mol. The Kier molecular flexibility index (Phi) is 4.23. The maximum atomic E-state index is 13.2. The fourth-order valence-corrected chi connectivity index (χ4v) is 3.40. The van der Waals surface area contributed by atoms with Crippen LogP contribution in [0.4, 0.5) is 18.3 Å². The van der Waals surface area contributed by atoms with Crippen molar-refractivity contribution < 1.29 is 27.4 Å². The Morgan fingerprint density at radius 1 is 1.15 bits per heavy atom. The van der Waals surface area contributed by atoms with Crippen LogP contribution in [0.15, 0.2) is 48.7 Å². The van der Waals surface area contributed by atoms with Gasteiger partial charge in [0.1, 0.15) is 5.82 Å². The molecule has 2 heterocycles. The van der Waals surface area contributed by atoms with E-state index >= 15 is 0 Å². The lowest BCUT2D eigenvalue weighted by molar-refractivity contribution is -0.286. The normalized spacial score (nSPS) is 14.2. The van der Waals surface area contributed by atoms with Gasteiger partial charge in [-0.1, -0.05) is 12.1 Å². The third kappa shape index (κ3) is 3.87. The summed E-state index contributed by atoms with van der Waals surface area (Å²) < 4.78 is 48.0. The molecule has 0 aliphatic carbocycles. The standard InChI is InChI=1S/C18H11F3N2O3S/c19-12-3-1-2-10(6-12)7-13-9-22-17(27-13)23-16(24)11-4-5-14-15(8-11)26-18(20,21)25-14/h1-6,8-9H,7H2,(H,22,23,24). The van der Waals surface area contributed by atoms with E-state index in [0.717, 1.165) is 10.4 Å². The van der Waals surface area contributed by atoms with E-state index in [0.29, 0.717) is 11.6 Å². The summed E-state index contributed by atoms with van der Waals surface area (Å²) in [5.74, 6) is -1.19. The van der Waals surface area contributed by atoms with Gasteiger partial charge in [-0.05, 0) is 35.9 Å². The maximum Gasteiger partial charge on any atom is 0.586 e. The van der Waals surface area contributed by atoms with Gasteiger partial charge in [-0.3, -0.25) is 10.1 Å². The number of anilines is 1. The summed E-state index contributed by atoms with van der Waals surface area (Å²) in [6.07, 6.45) is -1.67. The fourth-order valence-electron chi connectivity index (χ4n) is 2.55. The number of fused-ring (bicyclic) bond motifs is 1. The Balaban J connectivity index is 1.44. The van der Waals surface area contributed by atoms with E-state index in [1.54, 1.807) is 18.3 Å². The third-order valence-corrected chi connectivity index (χ3v) is 4.62. The number of carbonyl (C=O) groups is 1. The molecule has 1 amide bonds. The van der Waals surface area contributed by atoms with E-state index in [-0.39, 0.29) is 22.9 Å². The van der Waals surface area contributed by atoms with Crippen molar-refractivity contribution in [3.63, 3.8) is 0 Å². The van der Waals surface area contributed by atoms with Crippen molar-refractivity contribution in [2.45, 2.75) is 12.7 Å². The predicted molar refractivity (Wildman–Crippen MR) is 91.9 cm³/mol. The van der Waals surface area contributed by atoms with Crippen molar-refractivity contribution in [2.24, 2.45) is 0 Å². The van der Waals surface area contributed by atoms with E-state index in [9.17, 15) is 18.0 Å². The summed E-state index contributed by atoms with van der Waals surface area (Å²) in [5.41, 5.74) is 0.908. The Labute approximate surface area is 155 Å². The first-order valence-electron chi connectivity index (χ1n) is 7.78. The zero-order valence-electron chi connectivity index (χ0n) is 13.5. The Bertz CT molecular complexity index is 1020. The molecule has 138 valence electrons. The van der Waals surface area contributed by atoms with Crippen molar-refractivity contribution in [3.8, 4) is 11.5 Å². The van der Waals surface area contributed by atoms with Crippen molar-refractivity contribution in [2.75, 3.05) is 5.32 Å². The number of carbonyl (C=O) groups excluding carboxylic acids is 1. The van der Waals surface area contributed by atoms with Crippen LogP contribution in [-0.4, -0.2) is 17.2 Å². The van der Waals surface area contributed by atoms with Crippen LogP contribution in [0.2, 0.25) is 0 Å². The van der Waals surface area contributed by atoms with Gasteiger partial charge in [-0.25, -0.2) is 9.37 Å². The number of ether oxygens (including phenoxy) is 2. The number of aromatic nitrogens is 1. The summed E-state index contributed by atoms with van der Waals surface area (Å²) in [7, 11) is 0. The van der Waals surface area contributed by atoms with Gasteiger partial charge < -0.3 is 9.47 Å². The molecule has 0 bridgehead atoms. The van der Waals surface area contributed by atoms with E-state index in [1.807, 2.05) is 0 Å². The van der Waals surface area contributed by atoms with E-state index in [4.69, 9.17) is 0 Å². The topological polar surface area (TPSA) is 60.5 Å². The monoisotopic (exact) mass is 392 g/mol. The number of rotatable bonds is 4. The highest BCUT2D eigenvalue weighted by Crippen LogP contribution is 2.41. The molecule has 1 aromatic heterocycles. The average Bonchev–Trinajstić information content (AvgIpc) is 3.15. The molecule has 1 aliphatic heterocycles. The zero-order valence-corrected chi connectivity index (χ0v) is 14.4. The van der Waals surface area contributed by atoms with E-state index < -0.39 is 12.2 Å². The number of nitrogens with one attached hydrogen (secondary N) is 1. The van der Waals surface area contributed by atoms with Gasteiger partial charge in [0.2, 0.25) is 0 Å². The fraction of sp³-hybridized carbons (Fsp3) is 0.111. The van der Waals surface area contributed by atoms with Crippen molar-refractivity contribution >= 4 is 22.4 Å². The van der Waals surface area contributed by atoms with E-state index in [2.05, 4.69) is 19.8 Å². The first-order valence-corrected chi connectivity index (χ1v) is 8.60. The second-order valence-corrected chi connectivity index (χ2v) is 6.84. The molecule has 3 aromatic rings. The highest BCUT2D eigenvalue weighted by atomic mass is 32.1. The number of alkyl halides is 2. The first-order chi connectivity index (χ1) is 12.9. The minimum atomic E-state index is -3.74. The Hall–Kier alpha value is -3.07. The highest BCUT2D eigenvalue weighted by Gasteiger charge is 2.43. The molecule has 0 spiro atoms. The van der Waals surface area contributed by atoms with Crippen LogP contribution in [0.1, 0.15) is 20.8 Å². The molecule has 0 atom stereocenters. The SMILES string of the molecule is O=C(Nc1ncc(Cc2cccc(F)c2)s1)c1ccc2c(c1)OC(F)(F)O2. The molecular formula is C18H11F3N2O3S. The molecule has 5 nitrogen and oxygen atoms in total. The predicted octanol–water partition coefficient (Wildman–Crippen LogP) is 4.45. The van der Waals surface area contributed by atoms with Crippen molar-refractivity contribution in [3.05, 3.63) is 70.5 Å².